The Hall–Kier alpha value is -0.755. The lowest BCUT2D eigenvalue weighted by Crippen LogP contribution is -2.15. The second-order valence-electron chi connectivity index (χ2n) is 3.54. The van der Waals surface area contributed by atoms with Crippen LogP contribution >= 0.6 is 0 Å². The van der Waals surface area contributed by atoms with Crippen molar-refractivity contribution in [1.82, 2.24) is 4.90 Å². The van der Waals surface area contributed by atoms with Gasteiger partial charge in [0.15, 0.2) is 0 Å². The highest BCUT2D eigenvalue weighted by Crippen LogP contribution is 2.33. The molecule has 0 N–H and O–H groups in total. The Bertz CT molecular complexity index is 285. The van der Waals surface area contributed by atoms with E-state index in [1.807, 2.05) is 0 Å². The lowest BCUT2D eigenvalue weighted by molar-refractivity contribution is 0.262. The molecule has 2 heteroatoms. The molecule has 2 rings (SSSR count). The van der Waals surface area contributed by atoms with Gasteiger partial charge in [0, 0.05) is 21.0 Å². The van der Waals surface area contributed by atoms with Gasteiger partial charge in [-0.05, 0) is 24.6 Å². The molecule has 1 aliphatic rings. The smallest absolute Gasteiger partial charge is 0.0349 e. The van der Waals surface area contributed by atoms with Gasteiger partial charge in [0.1, 0.15) is 0 Å². The van der Waals surface area contributed by atoms with Gasteiger partial charge in [-0.2, -0.15) is 0 Å². The Morgan fingerprint density at radius 1 is 1.38 bits per heavy atom. The molecule has 0 amide bonds. The van der Waals surface area contributed by atoms with Crippen LogP contribution in [-0.4, -0.2) is 20.4 Å². The summed E-state index contributed by atoms with van der Waals surface area (Å²) in [5.41, 5.74) is 3.04. The van der Waals surface area contributed by atoms with Crippen LogP contribution in [0.25, 0.3) is 0 Å². The SMILES string of the molecule is CC[C@@H]1c2ccccc2CN1C.[B]. The minimum absolute atomic E-state index is 0. The van der Waals surface area contributed by atoms with Crippen molar-refractivity contribution in [3.8, 4) is 0 Å². The highest BCUT2D eigenvalue weighted by atomic mass is 15.1. The second kappa shape index (κ2) is 3.97. The van der Waals surface area contributed by atoms with Gasteiger partial charge in [-0.3, -0.25) is 4.90 Å². The van der Waals surface area contributed by atoms with E-state index in [1.54, 1.807) is 0 Å². The van der Waals surface area contributed by atoms with Crippen LogP contribution < -0.4 is 0 Å². The van der Waals surface area contributed by atoms with Crippen LogP contribution in [0.15, 0.2) is 24.3 Å². The lowest BCUT2D eigenvalue weighted by Gasteiger charge is -2.17. The first-order chi connectivity index (χ1) is 5.83. The summed E-state index contributed by atoms with van der Waals surface area (Å²) in [5.74, 6) is 0. The minimum atomic E-state index is 0. The van der Waals surface area contributed by atoms with Gasteiger partial charge in [0.2, 0.25) is 0 Å². The number of rotatable bonds is 1. The zero-order valence-electron chi connectivity index (χ0n) is 8.33. The third-order valence-corrected chi connectivity index (χ3v) is 2.75. The zero-order valence-corrected chi connectivity index (χ0v) is 8.33. The quantitative estimate of drug-likeness (QED) is 0.587. The normalized spacial score (nSPS) is 20.9. The molecule has 1 aliphatic heterocycles. The van der Waals surface area contributed by atoms with Gasteiger partial charge in [-0.25, -0.2) is 0 Å². The summed E-state index contributed by atoms with van der Waals surface area (Å²) < 4.78 is 0. The van der Waals surface area contributed by atoms with Gasteiger partial charge < -0.3 is 0 Å². The summed E-state index contributed by atoms with van der Waals surface area (Å²) in [6.45, 7) is 3.37. The maximum absolute atomic E-state index is 2.42. The molecule has 0 aromatic heterocycles. The predicted octanol–water partition coefficient (Wildman–Crippen LogP) is 2.20. The van der Waals surface area contributed by atoms with Crippen LogP contribution in [0, 0.1) is 0 Å². The number of hydrogen-bond acceptors (Lipinski definition) is 1. The number of fused-ring (bicyclic) bond motifs is 1. The summed E-state index contributed by atoms with van der Waals surface area (Å²) in [6.07, 6.45) is 1.22. The number of benzene rings is 1. The minimum Gasteiger partial charge on any atom is -0.295 e. The molecule has 1 atom stereocenters. The first kappa shape index (κ1) is 10.3. The fraction of sp³-hybridized carbons (Fsp3) is 0.455. The van der Waals surface area contributed by atoms with Crippen molar-refractivity contribution in [1.29, 1.82) is 0 Å². The molecule has 0 spiro atoms. The Labute approximate surface area is 82.3 Å². The highest BCUT2D eigenvalue weighted by Gasteiger charge is 2.24. The van der Waals surface area contributed by atoms with E-state index in [0.29, 0.717) is 6.04 Å². The molecule has 0 aliphatic carbocycles. The van der Waals surface area contributed by atoms with Gasteiger partial charge in [0.25, 0.3) is 0 Å². The highest BCUT2D eigenvalue weighted by molar-refractivity contribution is 5.75. The second-order valence-corrected chi connectivity index (χ2v) is 3.54. The van der Waals surface area contributed by atoms with Gasteiger partial charge in [-0.1, -0.05) is 31.2 Å². The molecule has 1 heterocycles. The fourth-order valence-electron chi connectivity index (χ4n) is 2.15. The molecule has 1 nitrogen and oxygen atoms in total. The molecule has 1 aromatic rings. The van der Waals surface area contributed by atoms with E-state index in [2.05, 4.69) is 43.1 Å². The molecule has 0 unspecified atom stereocenters. The van der Waals surface area contributed by atoms with Crippen LogP contribution in [0.4, 0.5) is 0 Å². The molecule has 3 radical (unpaired) electrons. The molecule has 67 valence electrons. The summed E-state index contributed by atoms with van der Waals surface area (Å²) in [7, 11) is 2.20. The zero-order chi connectivity index (χ0) is 8.55. The average Bonchev–Trinajstić information content (AvgIpc) is 2.40. The maximum atomic E-state index is 2.42. The first-order valence-corrected chi connectivity index (χ1v) is 4.61. The van der Waals surface area contributed by atoms with E-state index in [1.165, 1.54) is 17.5 Å². The topological polar surface area (TPSA) is 3.24 Å². The maximum Gasteiger partial charge on any atom is 0.0349 e. The monoisotopic (exact) mass is 172 g/mol. The molecule has 0 bridgehead atoms. The van der Waals surface area contributed by atoms with E-state index in [4.69, 9.17) is 0 Å². The molecule has 1 aromatic carbocycles. The summed E-state index contributed by atoms with van der Waals surface area (Å²) in [5, 5.41) is 0. The van der Waals surface area contributed by atoms with Gasteiger partial charge in [0.05, 0.1) is 0 Å². The van der Waals surface area contributed by atoms with Crippen LogP contribution in [0.3, 0.4) is 0 Å². The van der Waals surface area contributed by atoms with Crippen molar-refractivity contribution in [3.63, 3.8) is 0 Å². The van der Waals surface area contributed by atoms with Crippen molar-refractivity contribution in [2.24, 2.45) is 0 Å². The van der Waals surface area contributed by atoms with E-state index < -0.39 is 0 Å². The number of hydrogen-bond donors (Lipinski definition) is 0. The van der Waals surface area contributed by atoms with Crippen LogP contribution in [0.5, 0.6) is 0 Å². The molecular weight excluding hydrogens is 157 g/mol. The Morgan fingerprint density at radius 3 is 2.77 bits per heavy atom. The van der Waals surface area contributed by atoms with Crippen LogP contribution in [0.2, 0.25) is 0 Å². The van der Waals surface area contributed by atoms with E-state index >= 15 is 0 Å². The van der Waals surface area contributed by atoms with Crippen molar-refractivity contribution in [3.05, 3.63) is 35.4 Å². The number of nitrogens with zero attached hydrogens (tertiary/aromatic N) is 1. The van der Waals surface area contributed by atoms with Crippen molar-refractivity contribution in [2.75, 3.05) is 7.05 Å². The third kappa shape index (κ3) is 1.64. The predicted molar refractivity (Wildman–Crippen MR) is 56.7 cm³/mol. The standard InChI is InChI=1S/C11H15N.B/c1-3-11-10-7-5-4-6-9(10)8-12(11)2;/h4-7,11H,3,8H2,1-2H3;/t11-;/m1./s1. The molecule has 0 saturated heterocycles. The average molecular weight is 172 g/mol. The van der Waals surface area contributed by atoms with Gasteiger partial charge >= 0.3 is 0 Å². The van der Waals surface area contributed by atoms with E-state index in [0.717, 1.165) is 6.54 Å². The Morgan fingerprint density at radius 2 is 2.08 bits per heavy atom. The molecule has 0 saturated carbocycles. The van der Waals surface area contributed by atoms with Crippen molar-refractivity contribution < 1.29 is 0 Å². The largest absolute Gasteiger partial charge is 0.295 e. The lowest BCUT2D eigenvalue weighted by atomic mass is 10.0. The summed E-state index contributed by atoms with van der Waals surface area (Å²) in [6, 6.07) is 9.42. The van der Waals surface area contributed by atoms with Crippen LogP contribution in [0.1, 0.15) is 30.5 Å². The summed E-state index contributed by atoms with van der Waals surface area (Å²) in [4.78, 5) is 2.42. The summed E-state index contributed by atoms with van der Waals surface area (Å²) >= 11 is 0. The Kier molecular flexibility index (Phi) is 3.15. The Balaban J connectivity index is 0.000000845. The fourth-order valence-corrected chi connectivity index (χ4v) is 2.15. The van der Waals surface area contributed by atoms with Crippen molar-refractivity contribution >= 4 is 8.41 Å². The third-order valence-electron chi connectivity index (χ3n) is 2.75. The first-order valence-electron chi connectivity index (χ1n) is 4.61. The molecular formula is C11H15BN. The van der Waals surface area contributed by atoms with Gasteiger partial charge in [-0.15, -0.1) is 0 Å². The van der Waals surface area contributed by atoms with E-state index in [9.17, 15) is 0 Å². The molecule has 13 heavy (non-hydrogen) atoms. The van der Waals surface area contributed by atoms with E-state index in [-0.39, 0.29) is 8.41 Å². The molecule has 0 fully saturated rings. The van der Waals surface area contributed by atoms with Crippen molar-refractivity contribution in [2.45, 2.75) is 25.9 Å². The van der Waals surface area contributed by atoms with Crippen LogP contribution in [-0.2, 0) is 6.54 Å².